The standard InChI is InChI=1S/C52H58F4N12O6/c53-35-21-43(51(71)61-47(33-7-3-1-4-8-33)41-17-15-39(31-11-12-31)49(55)59-41)67(23-35)45(69)27-65(58)25-37(57)29-73-19-20-74-30-38-26-66(64-63-38)28-46(70)68-24-36(54)22-44(68)52(72)62-48(34-9-5-2-6-10-34)42-18-16-40(32-13-14-32)50(56)60-42/h1-10,15-18,25-26,31-32,35-36,43-44,47-48H,11-14,19-24,27-30,57-58H2,(H,61,71)(H,62,72)/b37-25-/t35-,36-,43+,44+,47+,48+/m1/s1. The number of carbonyl (C=O) groups is 4. The summed E-state index contributed by atoms with van der Waals surface area (Å²) in [5, 5.41) is 14.8. The maximum atomic E-state index is 15.1. The summed E-state index contributed by atoms with van der Waals surface area (Å²) in [5.41, 5.74) is 9.54. The molecule has 2 aliphatic carbocycles. The summed E-state index contributed by atoms with van der Waals surface area (Å²) in [6.07, 6.45) is 2.99. The topological polar surface area (TPSA) is 229 Å². The monoisotopic (exact) mass is 1020 g/mol. The highest BCUT2D eigenvalue weighted by atomic mass is 19.1. The average molecular weight is 1020 g/mol. The highest BCUT2D eigenvalue weighted by molar-refractivity contribution is 5.90. The van der Waals surface area contributed by atoms with Crippen LogP contribution in [0.25, 0.3) is 0 Å². The van der Waals surface area contributed by atoms with E-state index in [0.717, 1.165) is 35.6 Å². The number of ether oxygens (including phenoxy) is 2. The summed E-state index contributed by atoms with van der Waals surface area (Å²) >= 11 is 0. The van der Waals surface area contributed by atoms with Crippen LogP contribution in [-0.4, -0.2) is 127 Å². The fourth-order valence-electron chi connectivity index (χ4n) is 9.42. The number of halogens is 4. The first kappa shape index (κ1) is 51.6. The fraction of sp³-hybridized carbons (Fsp3) is 0.423. The van der Waals surface area contributed by atoms with Gasteiger partial charge >= 0.3 is 0 Å². The molecule has 0 unspecified atom stereocenters. The SMILES string of the molecule is N/C(=C\N(N)CC(=O)N1C[C@H](F)C[C@H]1C(=O)N[C@@H](c1ccccc1)c1ccc(C2CC2)c(F)n1)COCCOCc1cn(CC(=O)N2C[C@H](F)C[C@H]2C(=O)N[C@@H](c2ccccc2)c2ccc(C3CC3)c(F)n2)nn1. The Morgan fingerprint density at radius 1 is 0.716 bits per heavy atom. The van der Waals surface area contributed by atoms with Gasteiger partial charge < -0.3 is 40.6 Å². The van der Waals surface area contributed by atoms with Crippen molar-refractivity contribution in [3.63, 3.8) is 0 Å². The number of pyridine rings is 2. The largest absolute Gasteiger partial charge is 0.399 e. The molecule has 4 aliphatic rings. The molecule has 2 saturated carbocycles. The van der Waals surface area contributed by atoms with Crippen LogP contribution in [0, 0.1) is 11.9 Å². The molecule has 2 aliphatic heterocycles. The van der Waals surface area contributed by atoms with Crippen molar-refractivity contribution in [3.05, 3.63) is 154 Å². The van der Waals surface area contributed by atoms with Crippen LogP contribution in [0.5, 0.6) is 0 Å². The molecule has 2 aromatic carbocycles. The van der Waals surface area contributed by atoms with Crippen molar-refractivity contribution in [1.29, 1.82) is 0 Å². The van der Waals surface area contributed by atoms with Crippen molar-refractivity contribution in [2.75, 3.05) is 39.5 Å². The lowest BCUT2D eigenvalue weighted by Crippen LogP contribution is -2.50. The maximum Gasteiger partial charge on any atom is 0.245 e. The Morgan fingerprint density at radius 3 is 1.72 bits per heavy atom. The van der Waals surface area contributed by atoms with Gasteiger partial charge in [0.1, 0.15) is 43.2 Å². The van der Waals surface area contributed by atoms with Crippen molar-refractivity contribution >= 4 is 23.6 Å². The van der Waals surface area contributed by atoms with Crippen LogP contribution in [0.4, 0.5) is 17.6 Å². The lowest BCUT2D eigenvalue weighted by molar-refractivity contribution is -0.139. The minimum Gasteiger partial charge on any atom is -0.399 e. The van der Waals surface area contributed by atoms with E-state index in [1.54, 1.807) is 78.9 Å². The summed E-state index contributed by atoms with van der Waals surface area (Å²) in [4.78, 5) is 65.2. The number of rotatable bonds is 22. The molecule has 0 radical (unpaired) electrons. The van der Waals surface area contributed by atoms with Crippen molar-refractivity contribution in [1.82, 2.24) is 50.4 Å². The lowest BCUT2D eigenvalue weighted by Gasteiger charge is -2.28. The molecule has 0 bridgehead atoms. The van der Waals surface area contributed by atoms with Gasteiger partial charge in [-0.25, -0.2) is 29.3 Å². The minimum absolute atomic E-state index is 0.00504. The molecule has 74 heavy (non-hydrogen) atoms. The van der Waals surface area contributed by atoms with Gasteiger partial charge in [-0.05, 0) is 60.8 Å². The Bertz CT molecular complexity index is 2820. The van der Waals surface area contributed by atoms with Gasteiger partial charge in [-0.2, -0.15) is 8.78 Å². The molecular formula is C52H58F4N12O6. The number of nitrogens with two attached hydrogens (primary N) is 2. The zero-order valence-electron chi connectivity index (χ0n) is 40.4. The number of carbonyl (C=O) groups excluding carboxylic acids is 4. The lowest BCUT2D eigenvalue weighted by atomic mass is 10.0. The Hall–Kier alpha value is -7.30. The third kappa shape index (κ3) is 12.9. The van der Waals surface area contributed by atoms with Gasteiger partial charge in [0.2, 0.25) is 35.5 Å². The highest BCUT2D eigenvalue weighted by Crippen LogP contribution is 2.42. The number of alkyl halides is 2. The number of hydrazine groups is 1. The third-order valence-electron chi connectivity index (χ3n) is 13.4. The number of hydrogen-bond donors (Lipinski definition) is 4. The summed E-state index contributed by atoms with van der Waals surface area (Å²) in [6, 6.07) is 20.5. The van der Waals surface area contributed by atoms with Crippen LogP contribution in [-0.2, 0) is 41.8 Å². The van der Waals surface area contributed by atoms with Crippen LogP contribution in [0.2, 0.25) is 0 Å². The second kappa shape index (κ2) is 23.3. The second-order valence-electron chi connectivity index (χ2n) is 19.2. The normalized spacial score (nSPS) is 20.6. The number of nitrogens with zero attached hydrogens (tertiary/aromatic N) is 8. The van der Waals surface area contributed by atoms with Gasteiger partial charge in [0.25, 0.3) is 0 Å². The summed E-state index contributed by atoms with van der Waals surface area (Å²) in [5.74, 6) is 2.79. The summed E-state index contributed by atoms with van der Waals surface area (Å²) < 4.78 is 72.4. The number of likely N-dealkylation sites (tertiary alicyclic amines) is 2. The van der Waals surface area contributed by atoms with Gasteiger partial charge in [0, 0.05) is 30.2 Å². The first-order chi connectivity index (χ1) is 35.8. The smallest absolute Gasteiger partial charge is 0.245 e. The van der Waals surface area contributed by atoms with Crippen LogP contribution in [0.3, 0.4) is 0 Å². The number of hydrogen-bond acceptors (Lipinski definition) is 13. The number of benzene rings is 2. The molecule has 9 rings (SSSR count). The molecule has 3 aromatic heterocycles. The van der Waals surface area contributed by atoms with E-state index in [2.05, 4.69) is 30.9 Å². The third-order valence-corrected chi connectivity index (χ3v) is 13.4. The fourth-order valence-corrected chi connectivity index (χ4v) is 9.42. The van der Waals surface area contributed by atoms with Gasteiger partial charge in [0.05, 0.1) is 74.9 Å². The Kier molecular flexibility index (Phi) is 16.2. The van der Waals surface area contributed by atoms with E-state index in [1.165, 1.54) is 22.0 Å². The van der Waals surface area contributed by atoms with E-state index in [9.17, 15) is 28.0 Å². The molecule has 4 amide bonds. The van der Waals surface area contributed by atoms with Crippen LogP contribution in [0.15, 0.2) is 103 Å². The van der Waals surface area contributed by atoms with Gasteiger partial charge in [-0.3, -0.25) is 19.2 Å². The quantitative estimate of drug-likeness (QED) is 0.0250. The van der Waals surface area contributed by atoms with E-state index < -0.39 is 78.6 Å². The predicted molar refractivity (Wildman–Crippen MR) is 259 cm³/mol. The summed E-state index contributed by atoms with van der Waals surface area (Å²) in [6.45, 7) is -1.26. The van der Waals surface area contributed by atoms with Crippen LogP contribution >= 0.6 is 0 Å². The molecular weight excluding hydrogens is 965 g/mol. The molecule has 5 aromatic rings. The number of aromatic nitrogens is 5. The van der Waals surface area contributed by atoms with E-state index in [4.69, 9.17) is 21.1 Å². The highest BCUT2D eigenvalue weighted by Gasteiger charge is 2.43. The average Bonchev–Trinajstić information content (AvgIpc) is 4.30. The summed E-state index contributed by atoms with van der Waals surface area (Å²) in [7, 11) is 0. The van der Waals surface area contributed by atoms with E-state index in [1.807, 2.05) is 6.07 Å². The van der Waals surface area contributed by atoms with E-state index in [-0.39, 0.29) is 87.8 Å². The Balaban J connectivity index is 0.706. The molecule has 22 heteroatoms. The van der Waals surface area contributed by atoms with Gasteiger partial charge in [0.15, 0.2) is 0 Å². The Labute approximate surface area is 424 Å². The van der Waals surface area contributed by atoms with Crippen LogP contribution < -0.4 is 22.2 Å². The van der Waals surface area contributed by atoms with E-state index in [0.29, 0.717) is 27.9 Å². The first-order valence-corrected chi connectivity index (χ1v) is 24.7. The van der Waals surface area contributed by atoms with Crippen LogP contribution in [0.1, 0.15) is 102 Å². The first-order valence-electron chi connectivity index (χ1n) is 24.7. The molecule has 0 spiro atoms. The predicted octanol–water partition coefficient (Wildman–Crippen LogP) is 4.30. The van der Waals surface area contributed by atoms with Crippen molar-refractivity contribution in [2.45, 2.75) is 100 Å². The molecule has 6 atom stereocenters. The molecule has 4 fully saturated rings. The van der Waals surface area contributed by atoms with Gasteiger partial charge in [-0.15, -0.1) is 5.10 Å². The number of amides is 4. The van der Waals surface area contributed by atoms with Crippen molar-refractivity contribution in [3.8, 4) is 0 Å². The van der Waals surface area contributed by atoms with Gasteiger partial charge in [-0.1, -0.05) is 78.0 Å². The van der Waals surface area contributed by atoms with E-state index >= 15 is 8.78 Å². The van der Waals surface area contributed by atoms with Crippen molar-refractivity contribution < 1.29 is 46.2 Å². The zero-order chi connectivity index (χ0) is 51.9. The molecule has 2 saturated heterocycles. The molecule has 6 N–H and O–H groups in total. The molecule has 390 valence electrons. The molecule has 5 heterocycles. The van der Waals surface area contributed by atoms with Crippen molar-refractivity contribution in [2.24, 2.45) is 11.6 Å². The maximum absolute atomic E-state index is 15.1. The molecule has 18 nitrogen and oxygen atoms in total. The zero-order valence-corrected chi connectivity index (χ0v) is 40.4. The number of nitrogens with one attached hydrogen (secondary N) is 2. The minimum atomic E-state index is -1.47. The second-order valence-corrected chi connectivity index (χ2v) is 19.2. The Morgan fingerprint density at radius 2 is 1.22 bits per heavy atom.